The fraction of sp³-hybridized carbons (Fsp3) is 0.294. The van der Waals surface area contributed by atoms with E-state index in [1.54, 1.807) is 0 Å². The smallest absolute Gasteiger partial charge is 0.387 e. The first kappa shape index (κ1) is 19.4. The summed E-state index contributed by atoms with van der Waals surface area (Å²) < 4.78 is 35.3. The van der Waals surface area contributed by atoms with E-state index in [4.69, 9.17) is 27.9 Å². The Morgan fingerprint density at radius 1 is 1.30 bits per heavy atom. The van der Waals surface area contributed by atoms with Crippen LogP contribution in [-0.2, 0) is 0 Å². The summed E-state index contributed by atoms with van der Waals surface area (Å²) in [5, 5.41) is 13.7. The van der Waals surface area contributed by atoms with Gasteiger partial charge in [-0.15, -0.1) is 0 Å². The van der Waals surface area contributed by atoms with E-state index >= 15 is 0 Å². The van der Waals surface area contributed by atoms with E-state index in [9.17, 15) is 18.8 Å². The Morgan fingerprint density at radius 2 is 1.96 bits per heavy atom. The predicted molar refractivity (Wildman–Crippen MR) is 94.7 cm³/mol. The number of anilines is 1. The van der Waals surface area contributed by atoms with Crippen LogP contribution in [0.15, 0.2) is 30.6 Å². The molecule has 1 heterocycles. The highest BCUT2D eigenvalue weighted by Gasteiger charge is 2.24. The molecule has 6 nitrogen and oxygen atoms in total. The van der Waals surface area contributed by atoms with Gasteiger partial charge in [-0.2, -0.15) is 13.5 Å². The fourth-order valence-corrected chi connectivity index (χ4v) is 2.82. The molecule has 1 fully saturated rings. The van der Waals surface area contributed by atoms with Gasteiger partial charge in [0.15, 0.2) is 0 Å². The lowest BCUT2D eigenvalue weighted by atomic mass is 10.1. The van der Waals surface area contributed by atoms with Gasteiger partial charge in [0.25, 0.3) is 5.91 Å². The molecule has 0 bridgehead atoms. The van der Waals surface area contributed by atoms with Crippen LogP contribution in [0.5, 0.6) is 11.5 Å². The molecule has 3 rings (SSSR count). The van der Waals surface area contributed by atoms with Gasteiger partial charge in [0, 0.05) is 6.07 Å². The van der Waals surface area contributed by atoms with Gasteiger partial charge < -0.3 is 20.0 Å². The number of amides is 1. The molecule has 10 heteroatoms. The number of alkyl halides is 2. The highest BCUT2D eigenvalue weighted by atomic mass is 35.5. The molecule has 0 radical (unpaired) electrons. The second-order valence-electron chi connectivity index (χ2n) is 5.93. The molecule has 27 heavy (non-hydrogen) atoms. The second kappa shape index (κ2) is 8.14. The fourth-order valence-electron chi connectivity index (χ4n) is 2.28. The van der Waals surface area contributed by atoms with Crippen molar-refractivity contribution in [2.75, 3.05) is 11.9 Å². The first-order valence-electron chi connectivity index (χ1n) is 7.94. The third-order valence-corrected chi connectivity index (χ3v) is 4.36. The third kappa shape index (κ3) is 5.11. The Kier molecular flexibility index (Phi) is 5.86. The standard InChI is InChI=1S/C17H14Cl2F2N2O4/c18-12-6-23(25)7-13(19)15(12)22-16(24)11-4-3-10(27-17(20)21)5-14(11)26-8-9-1-2-9/h3-7,9,17H,1-2,8H2,(H,22,24). The number of nitrogens with one attached hydrogen (secondary N) is 1. The summed E-state index contributed by atoms with van der Waals surface area (Å²) in [6, 6.07) is 3.75. The SMILES string of the molecule is O=C(Nc1c(Cl)c[n+]([O-])cc1Cl)c1ccc(OC(F)F)cc1OCC1CC1. The van der Waals surface area contributed by atoms with Crippen LogP contribution >= 0.6 is 23.2 Å². The summed E-state index contributed by atoms with van der Waals surface area (Å²) in [7, 11) is 0. The van der Waals surface area contributed by atoms with Crippen molar-refractivity contribution in [3.63, 3.8) is 0 Å². The Hall–Kier alpha value is -2.32. The molecule has 0 unspecified atom stereocenters. The van der Waals surface area contributed by atoms with Crippen LogP contribution in [0.25, 0.3) is 0 Å². The van der Waals surface area contributed by atoms with E-state index < -0.39 is 12.5 Å². The van der Waals surface area contributed by atoms with E-state index in [0.717, 1.165) is 25.2 Å². The van der Waals surface area contributed by atoms with Crippen molar-refractivity contribution >= 4 is 34.8 Å². The zero-order valence-electron chi connectivity index (χ0n) is 13.8. The molecule has 1 aliphatic carbocycles. The molecule has 0 atom stereocenters. The highest BCUT2D eigenvalue weighted by molar-refractivity contribution is 6.39. The van der Waals surface area contributed by atoms with Gasteiger partial charge in [-0.05, 0) is 30.9 Å². The van der Waals surface area contributed by atoms with Crippen molar-refractivity contribution in [3.05, 3.63) is 51.4 Å². The molecule has 2 aromatic rings. The Labute approximate surface area is 163 Å². The number of halogens is 4. The summed E-state index contributed by atoms with van der Waals surface area (Å²) in [6.45, 7) is -2.64. The predicted octanol–water partition coefficient (Wildman–Crippen LogP) is 4.27. The lowest BCUT2D eigenvalue weighted by Gasteiger charge is -2.14. The van der Waals surface area contributed by atoms with E-state index in [-0.39, 0.29) is 32.8 Å². The number of rotatable bonds is 7. The van der Waals surface area contributed by atoms with Crippen molar-refractivity contribution in [2.45, 2.75) is 19.5 Å². The topological polar surface area (TPSA) is 74.5 Å². The number of hydrogen-bond donors (Lipinski definition) is 1. The van der Waals surface area contributed by atoms with Crippen molar-refractivity contribution in [3.8, 4) is 11.5 Å². The quantitative estimate of drug-likeness (QED) is 0.538. The largest absolute Gasteiger partial charge is 0.619 e. The number of hydrogen-bond acceptors (Lipinski definition) is 4. The van der Waals surface area contributed by atoms with Gasteiger partial charge in [-0.3, -0.25) is 4.79 Å². The Bertz CT molecular complexity index is 840. The van der Waals surface area contributed by atoms with Crippen LogP contribution in [-0.4, -0.2) is 19.1 Å². The Morgan fingerprint density at radius 3 is 2.56 bits per heavy atom. The van der Waals surface area contributed by atoms with Gasteiger partial charge in [-0.25, -0.2) is 0 Å². The molecule has 1 aromatic heterocycles. The van der Waals surface area contributed by atoms with Crippen LogP contribution in [0.1, 0.15) is 23.2 Å². The number of ether oxygens (including phenoxy) is 2. The second-order valence-corrected chi connectivity index (χ2v) is 6.75. The number of pyridine rings is 1. The summed E-state index contributed by atoms with van der Waals surface area (Å²) in [6.07, 6.45) is 4.10. The van der Waals surface area contributed by atoms with E-state index in [1.807, 2.05) is 0 Å². The minimum atomic E-state index is -3.00. The average molecular weight is 419 g/mol. The monoisotopic (exact) mass is 418 g/mol. The summed E-state index contributed by atoms with van der Waals surface area (Å²) in [4.78, 5) is 12.6. The number of carbonyl (C=O) groups is 1. The van der Waals surface area contributed by atoms with Crippen LogP contribution in [0.3, 0.4) is 0 Å². The highest BCUT2D eigenvalue weighted by Crippen LogP contribution is 2.33. The summed E-state index contributed by atoms with van der Waals surface area (Å²) in [5.74, 6) is -0.280. The van der Waals surface area contributed by atoms with Gasteiger partial charge in [-0.1, -0.05) is 23.2 Å². The lowest BCUT2D eigenvalue weighted by molar-refractivity contribution is -0.605. The van der Waals surface area contributed by atoms with E-state index in [2.05, 4.69) is 10.1 Å². The minimum Gasteiger partial charge on any atom is -0.619 e. The average Bonchev–Trinajstić information content (AvgIpc) is 3.40. The van der Waals surface area contributed by atoms with Crippen molar-refractivity contribution in [1.29, 1.82) is 0 Å². The molecule has 1 aliphatic rings. The zero-order valence-corrected chi connectivity index (χ0v) is 15.3. The first-order chi connectivity index (χ1) is 12.8. The minimum absolute atomic E-state index is 0.0519. The van der Waals surface area contributed by atoms with Gasteiger partial charge in [0.05, 0.1) is 17.9 Å². The van der Waals surface area contributed by atoms with Crippen LogP contribution in [0.4, 0.5) is 14.5 Å². The molecule has 0 aliphatic heterocycles. The van der Waals surface area contributed by atoms with Crippen LogP contribution in [0.2, 0.25) is 10.0 Å². The maximum absolute atomic E-state index is 12.6. The van der Waals surface area contributed by atoms with Crippen molar-refractivity contribution < 1.29 is 27.8 Å². The maximum atomic E-state index is 12.6. The first-order valence-corrected chi connectivity index (χ1v) is 8.70. The molecule has 0 saturated heterocycles. The molecule has 1 N–H and O–H groups in total. The number of benzene rings is 1. The number of carbonyl (C=O) groups excluding carboxylic acids is 1. The number of aromatic nitrogens is 1. The Balaban J connectivity index is 1.85. The van der Waals surface area contributed by atoms with Gasteiger partial charge >= 0.3 is 6.61 Å². The van der Waals surface area contributed by atoms with Gasteiger partial charge in [0.1, 0.15) is 21.5 Å². The van der Waals surface area contributed by atoms with Crippen LogP contribution in [0, 0.1) is 11.1 Å². The van der Waals surface area contributed by atoms with Crippen molar-refractivity contribution in [2.24, 2.45) is 5.92 Å². The molecular formula is C17H14Cl2F2N2O4. The summed E-state index contributed by atoms with van der Waals surface area (Å²) in [5.41, 5.74) is 0.139. The summed E-state index contributed by atoms with van der Waals surface area (Å²) >= 11 is 11.9. The molecule has 1 saturated carbocycles. The molecule has 0 spiro atoms. The van der Waals surface area contributed by atoms with E-state index in [0.29, 0.717) is 17.3 Å². The molecule has 1 aromatic carbocycles. The van der Waals surface area contributed by atoms with Gasteiger partial charge in [0.2, 0.25) is 12.4 Å². The van der Waals surface area contributed by atoms with Crippen LogP contribution < -0.4 is 19.5 Å². The number of nitrogens with zero attached hydrogens (tertiary/aromatic N) is 1. The molecule has 1 amide bonds. The molecular weight excluding hydrogens is 405 g/mol. The lowest BCUT2D eigenvalue weighted by Crippen LogP contribution is -2.25. The van der Waals surface area contributed by atoms with Crippen molar-refractivity contribution in [1.82, 2.24) is 0 Å². The third-order valence-electron chi connectivity index (χ3n) is 3.79. The zero-order chi connectivity index (χ0) is 19.6. The van der Waals surface area contributed by atoms with E-state index in [1.165, 1.54) is 18.2 Å². The maximum Gasteiger partial charge on any atom is 0.387 e. The molecule has 144 valence electrons. The normalized spacial score (nSPS) is 13.5.